The molecule has 15 heavy (non-hydrogen) atoms. The normalized spacial score (nSPS) is 17.5. The number of halogens is 1. The first kappa shape index (κ1) is 11.3. The first-order chi connectivity index (χ1) is 7.01. The van der Waals surface area contributed by atoms with Gasteiger partial charge in [0.2, 0.25) is 10.0 Å². The lowest BCUT2D eigenvalue weighted by Crippen LogP contribution is -2.28. The Morgan fingerprint density at radius 2 is 2.00 bits per heavy atom. The topological polar surface area (TPSA) is 37.4 Å². The molecule has 0 aromatic carbocycles. The van der Waals surface area contributed by atoms with Crippen LogP contribution in [0.5, 0.6) is 0 Å². The number of nitrogens with zero attached hydrogens (tertiary/aromatic N) is 1. The van der Waals surface area contributed by atoms with Crippen molar-refractivity contribution in [3.8, 4) is 0 Å². The molecule has 82 valence electrons. The number of hydrogen-bond donors (Lipinski definition) is 0. The van der Waals surface area contributed by atoms with Crippen LogP contribution in [0.2, 0.25) is 0 Å². The standard InChI is InChI=1S/C9H10BrNO2S2/c1-7-8(6-9(10)14-7)15(12,13)11-4-2-3-5-11/h2-3,6H,4-5H2,1H3. The summed E-state index contributed by atoms with van der Waals surface area (Å²) in [7, 11) is -3.30. The molecule has 0 unspecified atom stereocenters. The fourth-order valence-corrected chi connectivity index (χ4v) is 5.21. The number of thiophene rings is 1. The molecule has 0 bridgehead atoms. The summed E-state index contributed by atoms with van der Waals surface area (Å²) in [6, 6.07) is 1.67. The third-order valence-corrected chi connectivity index (χ3v) is 5.89. The van der Waals surface area contributed by atoms with Crippen LogP contribution < -0.4 is 0 Å². The molecule has 0 saturated carbocycles. The quantitative estimate of drug-likeness (QED) is 0.787. The van der Waals surface area contributed by atoms with Gasteiger partial charge in [0, 0.05) is 18.0 Å². The molecule has 0 spiro atoms. The summed E-state index contributed by atoms with van der Waals surface area (Å²) in [4.78, 5) is 1.25. The minimum atomic E-state index is -3.30. The lowest BCUT2D eigenvalue weighted by atomic mass is 10.5. The van der Waals surface area contributed by atoms with Crippen molar-refractivity contribution in [1.82, 2.24) is 4.31 Å². The molecule has 0 saturated heterocycles. The van der Waals surface area contributed by atoms with E-state index in [1.165, 1.54) is 15.6 Å². The zero-order valence-corrected chi connectivity index (χ0v) is 11.3. The molecule has 0 aliphatic carbocycles. The predicted octanol–water partition coefficient (Wildman–Crippen LogP) is 2.38. The maximum absolute atomic E-state index is 12.1. The van der Waals surface area contributed by atoms with Gasteiger partial charge in [-0.15, -0.1) is 11.3 Å². The number of sulfonamides is 1. The molecule has 1 aromatic heterocycles. The molecule has 1 aliphatic heterocycles. The third-order valence-electron chi connectivity index (χ3n) is 2.24. The average Bonchev–Trinajstić information content (AvgIpc) is 2.74. The Labute approximate surface area is 102 Å². The van der Waals surface area contributed by atoms with E-state index in [-0.39, 0.29) is 0 Å². The molecule has 1 aromatic rings. The monoisotopic (exact) mass is 307 g/mol. The van der Waals surface area contributed by atoms with E-state index >= 15 is 0 Å². The summed E-state index contributed by atoms with van der Waals surface area (Å²) in [5.41, 5.74) is 0. The Balaban J connectivity index is 2.41. The molecule has 6 heteroatoms. The van der Waals surface area contributed by atoms with E-state index < -0.39 is 10.0 Å². The van der Waals surface area contributed by atoms with E-state index in [4.69, 9.17) is 0 Å². The number of aryl methyl sites for hydroxylation is 1. The molecule has 2 rings (SSSR count). The first-order valence-electron chi connectivity index (χ1n) is 4.43. The van der Waals surface area contributed by atoms with Gasteiger partial charge in [-0.3, -0.25) is 0 Å². The summed E-state index contributed by atoms with van der Waals surface area (Å²) in [6.45, 7) is 2.79. The molecular weight excluding hydrogens is 298 g/mol. The minimum Gasteiger partial charge on any atom is -0.207 e. The summed E-state index contributed by atoms with van der Waals surface area (Å²) in [5.74, 6) is 0. The smallest absolute Gasteiger partial charge is 0.207 e. The van der Waals surface area contributed by atoms with Crippen molar-refractivity contribution in [2.75, 3.05) is 13.1 Å². The maximum atomic E-state index is 12.1. The zero-order valence-electron chi connectivity index (χ0n) is 8.10. The highest BCUT2D eigenvalue weighted by Crippen LogP contribution is 2.31. The van der Waals surface area contributed by atoms with Crippen LogP contribution in [0.25, 0.3) is 0 Å². The molecule has 0 amide bonds. The molecule has 3 nitrogen and oxygen atoms in total. The highest BCUT2D eigenvalue weighted by Gasteiger charge is 2.27. The van der Waals surface area contributed by atoms with Gasteiger partial charge in [-0.25, -0.2) is 8.42 Å². The fraction of sp³-hybridized carbons (Fsp3) is 0.333. The molecule has 0 atom stereocenters. The first-order valence-corrected chi connectivity index (χ1v) is 7.48. The molecule has 0 N–H and O–H groups in total. The molecular formula is C9H10BrNO2S2. The second kappa shape index (κ2) is 4.01. The van der Waals surface area contributed by atoms with Crippen molar-refractivity contribution in [2.45, 2.75) is 11.8 Å². The van der Waals surface area contributed by atoms with Crippen LogP contribution in [-0.4, -0.2) is 25.8 Å². The van der Waals surface area contributed by atoms with Crippen molar-refractivity contribution in [3.05, 3.63) is 26.9 Å². The zero-order chi connectivity index (χ0) is 11.1. The van der Waals surface area contributed by atoms with Crippen LogP contribution in [0.4, 0.5) is 0 Å². The van der Waals surface area contributed by atoms with Crippen LogP contribution in [0, 0.1) is 6.92 Å². The molecule has 0 fully saturated rings. The Kier molecular flexibility index (Phi) is 3.03. The van der Waals surface area contributed by atoms with Gasteiger partial charge in [0.1, 0.15) is 0 Å². The maximum Gasteiger partial charge on any atom is 0.244 e. The van der Waals surface area contributed by atoms with Crippen molar-refractivity contribution >= 4 is 37.3 Å². The largest absolute Gasteiger partial charge is 0.244 e. The highest BCUT2D eigenvalue weighted by atomic mass is 79.9. The van der Waals surface area contributed by atoms with Gasteiger partial charge in [-0.2, -0.15) is 4.31 Å². The van der Waals surface area contributed by atoms with E-state index in [1.54, 1.807) is 6.07 Å². The molecule has 0 radical (unpaired) electrons. The number of hydrogen-bond acceptors (Lipinski definition) is 3. The Morgan fingerprint density at radius 3 is 2.47 bits per heavy atom. The Morgan fingerprint density at radius 1 is 1.40 bits per heavy atom. The van der Waals surface area contributed by atoms with Crippen LogP contribution in [0.15, 0.2) is 26.9 Å². The Bertz CT molecular complexity index is 496. The van der Waals surface area contributed by atoms with Gasteiger partial charge in [0.15, 0.2) is 0 Å². The second-order valence-electron chi connectivity index (χ2n) is 3.26. The lowest BCUT2D eigenvalue weighted by Gasteiger charge is -2.14. The van der Waals surface area contributed by atoms with Gasteiger partial charge in [-0.1, -0.05) is 12.2 Å². The van der Waals surface area contributed by atoms with E-state index in [1.807, 2.05) is 19.1 Å². The van der Waals surface area contributed by atoms with E-state index in [0.717, 1.165) is 8.66 Å². The van der Waals surface area contributed by atoms with Crippen LogP contribution in [-0.2, 0) is 10.0 Å². The lowest BCUT2D eigenvalue weighted by molar-refractivity contribution is 0.488. The second-order valence-corrected chi connectivity index (χ2v) is 7.81. The van der Waals surface area contributed by atoms with Crippen LogP contribution in [0.1, 0.15) is 4.88 Å². The minimum absolute atomic E-state index is 0.420. The average molecular weight is 308 g/mol. The van der Waals surface area contributed by atoms with Gasteiger partial charge < -0.3 is 0 Å². The van der Waals surface area contributed by atoms with E-state index in [9.17, 15) is 8.42 Å². The summed E-state index contributed by atoms with van der Waals surface area (Å²) >= 11 is 4.75. The van der Waals surface area contributed by atoms with Crippen molar-refractivity contribution in [3.63, 3.8) is 0 Å². The fourth-order valence-electron chi connectivity index (χ4n) is 1.48. The Hall–Kier alpha value is -0.170. The van der Waals surface area contributed by atoms with Crippen LogP contribution in [0.3, 0.4) is 0 Å². The van der Waals surface area contributed by atoms with Gasteiger partial charge in [-0.05, 0) is 28.9 Å². The third kappa shape index (κ3) is 2.04. The van der Waals surface area contributed by atoms with E-state index in [0.29, 0.717) is 18.0 Å². The van der Waals surface area contributed by atoms with Gasteiger partial charge in [0.05, 0.1) is 8.68 Å². The van der Waals surface area contributed by atoms with Crippen molar-refractivity contribution in [2.24, 2.45) is 0 Å². The van der Waals surface area contributed by atoms with Gasteiger partial charge >= 0.3 is 0 Å². The van der Waals surface area contributed by atoms with E-state index in [2.05, 4.69) is 15.9 Å². The summed E-state index contributed by atoms with van der Waals surface area (Å²) < 4.78 is 26.6. The van der Waals surface area contributed by atoms with Crippen molar-refractivity contribution in [1.29, 1.82) is 0 Å². The number of rotatable bonds is 2. The summed E-state index contributed by atoms with van der Waals surface area (Å²) in [5, 5.41) is 0. The SMILES string of the molecule is Cc1sc(Br)cc1S(=O)(=O)N1CC=CC1. The van der Waals surface area contributed by atoms with Crippen molar-refractivity contribution < 1.29 is 8.42 Å². The highest BCUT2D eigenvalue weighted by molar-refractivity contribution is 9.11. The summed E-state index contributed by atoms with van der Waals surface area (Å²) in [6.07, 6.45) is 3.74. The molecule has 2 heterocycles. The predicted molar refractivity (Wildman–Crippen MR) is 64.7 cm³/mol. The van der Waals surface area contributed by atoms with Crippen LogP contribution >= 0.6 is 27.3 Å². The molecule has 1 aliphatic rings. The van der Waals surface area contributed by atoms with Gasteiger partial charge in [0.25, 0.3) is 0 Å².